The van der Waals surface area contributed by atoms with E-state index in [4.69, 9.17) is 17.7 Å². The molecule has 1 unspecified atom stereocenters. The first-order chi connectivity index (χ1) is 8.59. The summed E-state index contributed by atoms with van der Waals surface area (Å²) in [7, 11) is -3.00. The average Bonchev–Trinajstić information content (AvgIpc) is 2.36. The predicted octanol–water partition coefficient (Wildman–Crippen LogP) is 3.54. The summed E-state index contributed by atoms with van der Waals surface area (Å²) in [4.78, 5) is 0. The van der Waals surface area contributed by atoms with Crippen LogP contribution in [0.4, 0.5) is 0 Å². The lowest BCUT2D eigenvalue weighted by Crippen LogP contribution is -2.50. The van der Waals surface area contributed by atoms with Gasteiger partial charge in [-0.25, -0.2) is 0 Å². The Morgan fingerprint density at radius 1 is 0.889 bits per heavy atom. The van der Waals surface area contributed by atoms with E-state index in [0.717, 1.165) is 18.9 Å². The highest BCUT2D eigenvalue weighted by Crippen LogP contribution is 2.28. The molecule has 0 aromatic heterocycles. The molecule has 0 rings (SSSR count). The fourth-order valence-electron chi connectivity index (χ4n) is 1.65. The fourth-order valence-corrected chi connectivity index (χ4v) is 3.81. The third-order valence-electron chi connectivity index (χ3n) is 2.73. The summed E-state index contributed by atoms with van der Waals surface area (Å²) in [6.07, 6.45) is 2.91. The Bertz CT molecular complexity index is 184. The molecule has 4 nitrogen and oxygen atoms in total. The largest absolute Gasteiger partial charge is 0.680 e. The molecule has 0 spiro atoms. The molecule has 5 heteroatoms. The van der Waals surface area contributed by atoms with Crippen molar-refractivity contribution in [3.63, 3.8) is 0 Å². The van der Waals surface area contributed by atoms with Gasteiger partial charge in [-0.2, -0.15) is 0 Å². The van der Waals surface area contributed by atoms with E-state index in [9.17, 15) is 0 Å². The van der Waals surface area contributed by atoms with E-state index >= 15 is 0 Å². The van der Waals surface area contributed by atoms with Crippen molar-refractivity contribution in [2.45, 2.75) is 54.4 Å². The quantitative estimate of drug-likeness (QED) is 0.541. The van der Waals surface area contributed by atoms with Gasteiger partial charge in [-0.15, -0.1) is 0 Å². The van der Waals surface area contributed by atoms with Crippen molar-refractivity contribution in [2.75, 3.05) is 19.8 Å². The summed E-state index contributed by atoms with van der Waals surface area (Å²) in [5, 5.41) is 0. The molecule has 0 heterocycles. The summed E-state index contributed by atoms with van der Waals surface area (Å²) in [5.41, 5.74) is 0. The molecule has 0 saturated heterocycles. The molecule has 18 heavy (non-hydrogen) atoms. The van der Waals surface area contributed by atoms with Gasteiger partial charge in [0.1, 0.15) is 0 Å². The zero-order valence-electron chi connectivity index (χ0n) is 12.7. The van der Waals surface area contributed by atoms with Crippen molar-refractivity contribution < 1.29 is 17.7 Å². The van der Waals surface area contributed by atoms with E-state index in [1.54, 1.807) is 0 Å². The third kappa shape index (κ3) is 5.80. The summed E-state index contributed by atoms with van der Waals surface area (Å²) in [5.74, 6) is 0.392. The summed E-state index contributed by atoms with van der Waals surface area (Å²) in [6.45, 7) is 13.8. The molecule has 0 aliphatic heterocycles. The SMILES string of the molecule is CCO[Si](OCC)(OCC)O[C](CC)C(C)CC. The normalized spacial score (nSPS) is 14.2. The Hall–Kier alpha value is 0.0569. The van der Waals surface area contributed by atoms with Crippen LogP contribution in [0.25, 0.3) is 0 Å². The standard InChI is InChI=1S/C13H29O4Si/c1-7-12(6)13(8-2)17-18(14-9-3,15-10-4)16-11-5/h12H,7-11H2,1-6H3. The zero-order valence-corrected chi connectivity index (χ0v) is 13.7. The first-order valence-corrected chi connectivity index (χ1v) is 8.68. The molecule has 0 fully saturated rings. The fraction of sp³-hybridized carbons (Fsp3) is 0.923. The molecular formula is C13H29O4Si. The van der Waals surface area contributed by atoms with Crippen LogP contribution in [0.2, 0.25) is 0 Å². The van der Waals surface area contributed by atoms with Gasteiger partial charge in [0.15, 0.2) is 0 Å². The molecule has 0 bridgehead atoms. The third-order valence-corrected chi connectivity index (χ3v) is 5.17. The van der Waals surface area contributed by atoms with E-state index in [-0.39, 0.29) is 0 Å². The highest BCUT2D eigenvalue weighted by atomic mass is 28.4. The van der Waals surface area contributed by atoms with Gasteiger partial charge in [0.2, 0.25) is 0 Å². The maximum Gasteiger partial charge on any atom is 0.680 e. The Kier molecular flexibility index (Phi) is 9.95. The van der Waals surface area contributed by atoms with E-state index in [1.807, 2.05) is 20.8 Å². The first-order valence-electron chi connectivity index (χ1n) is 7.05. The smallest absolute Gasteiger partial charge is 0.351 e. The molecular weight excluding hydrogens is 248 g/mol. The van der Waals surface area contributed by atoms with E-state index in [2.05, 4.69) is 20.8 Å². The van der Waals surface area contributed by atoms with Gasteiger partial charge in [0, 0.05) is 19.8 Å². The van der Waals surface area contributed by atoms with Crippen LogP contribution < -0.4 is 0 Å². The Balaban J connectivity index is 4.80. The maximum absolute atomic E-state index is 6.05. The van der Waals surface area contributed by atoms with Gasteiger partial charge in [0.25, 0.3) is 0 Å². The average molecular weight is 277 g/mol. The van der Waals surface area contributed by atoms with Crippen LogP contribution >= 0.6 is 0 Å². The van der Waals surface area contributed by atoms with Crippen LogP contribution in [-0.4, -0.2) is 28.9 Å². The highest BCUT2D eigenvalue weighted by molar-refractivity contribution is 6.53. The van der Waals surface area contributed by atoms with Crippen molar-refractivity contribution in [3.05, 3.63) is 6.10 Å². The second-order valence-corrected chi connectivity index (χ2v) is 6.10. The van der Waals surface area contributed by atoms with Gasteiger partial charge < -0.3 is 17.7 Å². The number of rotatable bonds is 11. The molecule has 0 aliphatic carbocycles. The molecule has 0 aromatic rings. The van der Waals surface area contributed by atoms with E-state index in [1.165, 1.54) is 0 Å². The second-order valence-electron chi connectivity index (χ2n) is 4.03. The highest BCUT2D eigenvalue weighted by Gasteiger charge is 2.47. The molecule has 1 atom stereocenters. The molecule has 0 amide bonds. The predicted molar refractivity (Wildman–Crippen MR) is 74.7 cm³/mol. The molecule has 0 aromatic carbocycles. The minimum absolute atomic E-state index is 0.392. The van der Waals surface area contributed by atoms with Crippen molar-refractivity contribution in [1.29, 1.82) is 0 Å². The van der Waals surface area contributed by atoms with Crippen molar-refractivity contribution in [1.82, 2.24) is 0 Å². The second kappa shape index (κ2) is 9.92. The molecule has 0 N–H and O–H groups in total. The molecule has 1 radical (unpaired) electrons. The van der Waals surface area contributed by atoms with Gasteiger partial charge >= 0.3 is 9.05 Å². The van der Waals surface area contributed by atoms with Gasteiger partial charge in [-0.1, -0.05) is 27.2 Å². The maximum atomic E-state index is 6.05. The van der Waals surface area contributed by atoms with Crippen LogP contribution in [0.3, 0.4) is 0 Å². The lowest BCUT2D eigenvalue weighted by molar-refractivity contribution is -0.0324. The van der Waals surface area contributed by atoms with E-state index in [0.29, 0.717) is 25.7 Å². The van der Waals surface area contributed by atoms with Crippen molar-refractivity contribution in [2.24, 2.45) is 5.92 Å². The van der Waals surface area contributed by atoms with Crippen LogP contribution in [0.1, 0.15) is 54.4 Å². The Morgan fingerprint density at radius 3 is 1.61 bits per heavy atom. The minimum Gasteiger partial charge on any atom is -0.351 e. The first kappa shape index (κ1) is 18.1. The van der Waals surface area contributed by atoms with Gasteiger partial charge in [-0.3, -0.25) is 0 Å². The summed E-state index contributed by atoms with van der Waals surface area (Å²) in [6, 6.07) is 0. The molecule has 109 valence electrons. The molecule has 0 aliphatic rings. The van der Waals surface area contributed by atoms with E-state index < -0.39 is 9.05 Å². The lowest BCUT2D eigenvalue weighted by atomic mass is 10.0. The minimum atomic E-state index is -3.00. The number of hydrogen-bond donors (Lipinski definition) is 0. The topological polar surface area (TPSA) is 36.9 Å². The Morgan fingerprint density at radius 2 is 1.33 bits per heavy atom. The van der Waals surface area contributed by atoms with Crippen molar-refractivity contribution in [3.8, 4) is 0 Å². The summed E-state index contributed by atoms with van der Waals surface area (Å²) >= 11 is 0. The summed E-state index contributed by atoms with van der Waals surface area (Å²) < 4.78 is 23.1. The lowest BCUT2D eigenvalue weighted by Gasteiger charge is -2.32. The molecule has 0 saturated carbocycles. The zero-order chi connectivity index (χ0) is 14.0. The van der Waals surface area contributed by atoms with Gasteiger partial charge in [0.05, 0.1) is 6.10 Å². The van der Waals surface area contributed by atoms with Crippen molar-refractivity contribution >= 4 is 9.05 Å². The van der Waals surface area contributed by atoms with Crippen LogP contribution in [0, 0.1) is 12.0 Å². The van der Waals surface area contributed by atoms with Crippen LogP contribution in [0.15, 0.2) is 0 Å². The van der Waals surface area contributed by atoms with Crippen LogP contribution in [0.5, 0.6) is 0 Å². The monoisotopic (exact) mass is 277 g/mol. The number of hydrogen-bond acceptors (Lipinski definition) is 4. The van der Waals surface area contributed by atoms with Gasteiger partial charge in [-0.05, 0) is 33.1 Å². The Labute approximate surface area is 113 Å². The van der Waals surface area contributed by atoms with Crippen LogP contribution in [-0.2, 0) is 17.7 Å².